The molecule has 98 valence electrons. The van der Waals surface area contributed by atoms with E-state index in [1.165, 1.54) is 6.92 Å². The van der Waals surface area contributed by atoms with Crippen molar-refractivity contribution >= 4 is 17.3 Å². The number of hydrogen-bond acceptors (Lipinski definition) is 4. The van der Waals surface area contributed by atoms with Crippen molar-refractivity contribution in [2.75, 3.05) is 23.7 Å². The minimum atomic E-state index is -1.74. The van der Waals surface area contributed by atoms with Gasteiger partial charge in [-0.1, -0.05) is 0 Å². The molecule has 1 atom stereocenters. The molecule has 4 N–H and O–H groups in total. The Balaban J connectivity index is 2.25. The summed E-state index contributed by atoms with van der Waals surface area (Å²) >= 11 is 0. The van der Waals surface area contributed by atoms with E-state index in [2.05, 4.69) is 0 Å². The number of aliphatic hydroxyl groups is 1. The fourth-order valence-corrected chi connectivity index (χ4v) is 2.30. The SMILES string of the molecule is CC(O)(CN1CCCc2cc(N)ccc21)C(=O)O. The number of benzene rings is 1. The zero-order valence-corrected chi connectivity index (χ0v) is 10.4. The molecule has 0 aliphatic carbocycles. The highest BCUT2D eigenvalue weighted by Crippen LogP contribution is 2.29. The van der Waals surface area contributed by atoms with Gasteiger partial charge in [-0.15, -0.1) is 0 Å². The van der Waals surface area contributed by atoms with E-state index < -0.39 is 11.6 Å². The smallest absolute Gasteiger partial charge is 0.337 e. The van der Waals surface area contributed by atoms with Gasteiger partial charge in [0.1, 0.15) is 0 Å². The van der Waals surface area contributed by atoms with Crippen LogP contribution in [-0.2, 0) is 11.2 Å². The van der Waals surface area contributed by atoms with E-state index in [1.807, 2.05) is 17.0 Å². The number of aliphatic carboxylic acids is 1. The van der Waals surface area contributed by atoms with Gasteiger partial charge in [-0.3, -0.25) is 0 Å². The van der Waals surface area contributed by atoms with Crippen LogP contribution in [0.1, 0.15) is 18.9 Å². The highest BCUT2D eigenvalue weighted by Gasteiger charge is 2.33. The van der Waals surface area contributed by atoms with E-state index in [0.29, 0.717) is 5.69 Å². The Bertz CT molecular complexity index is 471. The largest absolute Gasteiger partial charge is 0.479 e. The summed E-state index contributed by atoms with van der Waals surface area (Å²) in [5.41, 5.74) is 6.79. The fraction of sp³-hybridized carbons (Fsp3) is 0.462. The van der Waals surface area contributed by atoms with E-state index in [9.17, 15) is 9.90 Å². The third-order valence-corrected chi connectivity index (χ3v) is 3.28. The summed E-state index contributed by atoms with van der Waals surface area (Å²) in [6.07, 6.45) is 1.87. The van der Waals surface area contributed by atoms with Crippen LogP contribution in [0.2, 0.25) is 0 Å². The molecule has 1 aromatic carbocycles. The lowest BCUT2D eigenvalue weighted by Gasteiger charge is -2.35. The summed E-state index contributed by atoms with van der Waals surface area (Å²) < 4.78 is 0. The molecule has 5 nitrogen and oxygen atoms in total. The van der Waals surface area contributed by atoms with E-state index >= 15 is 0 Å². The maximum Gasteiger partial charge on any atom is 0.337 e. The molecule has 0 fully saturated rings. The quantitative estimate of drug-likeness (QED) is 0.692. The van der Waals surface area contributed by atoms with Crippen molar-refractivity contribution in [2.24, 2.45) is 0 Å². The van der Waals surface area contributed by atoms with Gasteiger partial charge in [-0.2, -0.15) is 0 Å². The van der Waals surface area contributed by atoms with Crippen LogP contribution in [0.25, 0.3) is 0 Å². The minimum absolute atomic E-state index is 0.0826. The van der Waals surface area contributed by atoms with Crippen molar-refractivity contribution < 1.29 is 15.0 Å². The Morgan fingerprint density at radius 2 is 2.28 bits per heavy atom. The van der Waals surface area contributed by atoms with Crippen molar-refractivity contribution in [1.29, 1.82) is 0 Å². The van der Waals surface area contributed by atoms with Gasteiger partial charge in [-0.05, 0) is 43.5 Å². The molecule has 2 rings (SSSR count). The molecule has 0 radical (unpaired) electrons. The van der Waals surface area contributed by atoms with Crippen molar-refractivity contribution in [3.8, 4) is 0 Å². The number of carboxylic acid groups (broad SMARTS) is 1. The van der Waals surface area contributed by atoms with Gasteiger partial charge >= 0.3 is 5.97 Å². The summed E-state index contributed by atoms with van der Waals surface area (Å²) in [6, 6.07) is 5.60. The molecule has 0 saturated carbocycles. The van der Waals surface area contributed by atoms with Crippen LogP contribution in [-0.4, -0.2) is 34.9 Å². The molecule has 0 aromatic heterocycles. The second kappa shape index (κ2) is 4.49. The van der Waals surface area contributed by atoms with Gasteiger partial charge in [0.05, 0.1) is 6.54 Å². The van der Waals surface area contributed by atoms with Gasteiger partial charge in [0.15, 0.2) is 5.60 Å². The Kier molecular flexibility index (Phi) is 3.17. The van der Waals surface area contributed by atoms with Gasteiger partial charge in [0, 0.05) is 17.9 Å². The minimum Gasteiger partial charge on any atom is -0.479 e. The van der Waals surface area contributed by atoms with Gasteiger partial charge < -0.3 is 20.8 Å². The first-order valence-corrected chi connectivity index (χ1v) is 5.99. The number of carbonyl (C=O) groups is 1. The fourth-order valence-electron chi connectivity index (χ4n) is 2.30. The third kappa shape index (κ3) is 2.41. The molecule has 0 saturated heterocycles. The topological polar surface area (TPSA) is 86.8 Å². The number of carboxylic acids is 1. The summed E-state index contributed by atoms with van der Waals surface area (Å²) in [5, 5.41) is 18.8. The molecule has 18 heavy (non-hydrogen) atoms. The highest BCUT2D eigenvalue weighted by atomic mass is 16.4. The molecule has 1 aromatic rings. The number of hydrogen-bond donors (Lipinski definition) is 3. The Labute approximate surface area is 106 Å². The molecule has 0 bridgehead atoms. The molecular weight excluding hydrogens is 232 g/mol. The van der Waals surface area contributed by atoms with Crippen LogP contribution in [0.15, 0.2) is 18.2 Å². The maximum absolute atomic E-state index is 11.0. The number of nitrogens with zero attached hydrogens (tertiary/aromatic N) is 1. The second-order valence-electron chi connectivity index (χ2n) is 4.99. The van der Waals surface area contributed by atoms with Crippen molar-refractivity contribution in [2.45, 2.75) is 25.4 Å². The Hall–Kier alpha value is -1.75. The molecule has 0 amide bonds. The van der Waals surface area contributed by atoms with Crippen molar-refractivity contribution in [3.63, 3.8) is 0 Å². The summed E-state index contributed by atoms with van der Waals surface area (Å²) in [5.74, 6) is -1.20. The molecule has 1 heterocycles. The number of rotatable bonds is 3. The number of aryl methyl sites for hydroxylation is 1. The molecule has 1 aliphatic rings. The van der Waals surface area contributed by atoms with E-state index in [0.717, 1.165) is 30.6 Å². The van der Waals surface area contributed by atoms with Crippen LogP contribution in [0.4, 0.5) is 11.4 Å². The standard InChI is InChI=1S/C13H18N2O3/c1-13(18,12(16)17)8-15-6-2-3-9-7-10(14)4-5-11(9)15/h4-5,7,18H,2-3,6,8,14H2,1H3,(H,16,17). The first-order chi connectivity index (χ1) is 8.40. The van der Waals surface area contributed by atoms with E-state index in [-0.39, 0.29) is 6.54 Å². The van der Waals surface area contributed by atoms with Crippen LogP contribution < -0.4 is 10.6 Å². The number of anilines is 2. The average Bonchev–Trinajstić information content (AvgIpc) is 2.28. The first kappa shape index (κ1) is 12.7. The van der Waals surface area contributed by atoms with Gasteiger partial charge in [0.2, 0.25) is 0 Å². The lowest BCUT2D eigenvalue weighted by atomic mass is 9.98. The summed E-state index contributed by atoms with van der Waals surface area (Å²) in [4.78, 5) is 12.9. The molecule has 5 heteroatoms. The van der Waals surface area contributed by atoms with Crippen LogP contribution in [0, 0.1) is 0 Å². The Morgan fingerprint density at radius 3 is 2.94 bits per heavy atom. The van der Waals surface area contributed by atoms with Crippen LogP contribution >= 0.6 is 0 Å². The zero-order valence-electron chi connectivity index (χ0n) is 10.4. The normalized spacial score (nSPS) is 18.0. The molecule has 0 spiro atoms. The third-order valence-electron chi connectivity index (χ3n) is 3.28. The maximum atomic E-state index is 11.0. The lowest BCUT2D eigenvalue weighted by Crippen LogP contribution is -2.48. The van der Waals surface area contributed by atoms with Crippen molar-refractivity contribution in [1.82, 2.24) is 0 Å². The molecule has 1 aliphatic heterocycles. The monoisotopic (exact) mass is 250 g/mol. The zero-order chi connectivity index (χ0) is 13.3. The Morgan fingerprint density at radius 1 is 1.56 bits per heavy atom. The van der Waals surface area contributed by atoms with E-state index in [4.69, 9.17) is 10.8 Å². The first-order valence-electron chi connectivity index (χ1n) is 5.99. The highest BCUT2D eigenvalue weighted by molar-refractivity contribution is 5.78. The summed E-state index contributed by atoms with van der Waals surface area (Å²) in [7, 11) is 0. The predicted molar refractivity (Wildman–Crippen MR) is 69.6 cm³/mol. The van der Waals surface area contributed by atoms with Gasteiger partial charge in [0.25, 0.3) is 0 Å². The van der Waals surface area contributed by atoms with Crippen LogP contribution in [0.5, 0.6) is 0 Å². The number of fused-ring (bicyclic) bond motifs is 1. The van der Waals surface area contributed by atoms with Crippen molar-refractivity contribution in [3.05, 3.63) is 23.8 Å². The molecular formula is C13H18N2O3. The lowest BCUT2D eigenvalue weighted by molar-refractivity contribution is -0.155. The number of nitrogen functional groups attached to an aromatic ring is 1. The number of β-amino-alcohol motifs (C(OH)–C–C–N with tert-alkyl or cyclic N) is 1. The van der Waals surface area contributed by atoms with Gasteiger partial charge in [-0.25, -0.2) is 4.79 Å². The second-order valence-corrected chi connectivity index (χ2v) is 4.99. The van der Waals surface area contributed by atoms with E-state index in [1.54, 1.807) is 6.07 Å². The predicted octanol–water partition coefficient (Wildman–Crippen LogP) is 0.857. The average molecular weight is 250 g/mol. The number of nitrogens with two attached hydrogens (primary N) is 1. The summed E-state index contributed by atoms with van der Waals surface area (Å²) in [6.45, 7) is 2.15. The molecule has 1 unspecified atom stereocenters. The van der Waals surface area contributed by atoms with Crippen LogP contribution in [0.3, 0.4) is 0 Å².